The van der Waals surface area contributed by atoms with Crippen LogP contribution in [0.5, 0.6) is 0 Å². The third-order valence-electron chi connectivity index (χ3n) is 3.20. The van der Waals surface area contributed by atoms with Crippen molar-refractivity contribution in [2.75, 3.05) is 30.9 Å². The lowest BCUT2D eigenvalue weighted by Gasteiger charge is -2.13. The third-order valence-corrected chi connectivity index (χ3v) is 3.20. The highest BCUT2D eigenvalue weighted by atomic mass is 16.1. The Morgan fingerprint density at radius 3 is 2.50 bits per heavy atom. The monoisotopic (exact) mass is 298 g/mol. The smallest absolute Gasteiger partial charge is 0.269 e. The molecule has 1 amide bonds. The van der Waals surface area contributed by atoms with Crippen molar-refractivity contribution in [1.82, 2.24) is 10.3 Å². The SMILES string of the molecule is CCCNC(=O)c1cc(Nc2ccc(N(C)C)cc2)ccn1. The molecule has 0 saturated heterocycles. The minimum absolute atomic E-state index is 0.145. The van der Waals surface area contributed by atoms with E-state index in [1.165, 1.54) is 0 Å². The fraction of sp³-hybridized carbons (Fsp3) is 0.294. The molecule has 0 aliphatic heterocycles. The van der Waals surface area contributed by atoms with Crippen LogP contribution in [-0.2, 0) is 0 Å². The van der Waals surface area contributed by atoms with Crippen molar-refractivity contribution >= 4 is 23.0 Å². The highest BCUT2D eigenvalue weighted by Crippen LogP contribution is 2.20. The van der Waals surface area contributed by atoms with Crippen molar-refractivity contribution < 1.29 is 4.79 Å². The zero-order valence-corrected chi connectivity index (χ0v) is 13.3. The van der Waals surface area contributed by atoms with E-state index in [-0.39, 0.29) is 5.91 Å². The van der Waals surface area contributed by atoms with Crippen LogP contribution in [0.2, 0.25) is 0 Å². The summed E-state index contributed by atoms with van der Waals surface area (Å²) in [5.74, 6) is -0.145. The number of anilines is 3. The summed E-state index contributed by atoms with van der Waals surface area (Å²) in [5, 5.41) is 6.11. The standard InChI is InChI=1S/C17H22N4O/c1-4-10-19-17(22)16-12-14(9-11-18-16)20-13-5-7-15(8-6-13)21(2)3/h5-9,11-12H,4,10H2,1-3H3,(H,18,20)(H,19,22). The van der Waals surface area contributed by atoms with E-state index in [9.17, 15) is 4.79 Å². The van der Waals surface area contributed by atoms with E-state index in [2.05, 4.69) is 15.6 Å². The van der Waals surface area contributed by atoms with Crippen LogP contribution in [-0.4, -0.2) is 31.5 Å². The lowest BCUT2D eigenvalue weighted by atomic mass is 10.2. The van der Waals surface area contributed by atoms with Crippen LogP contribution in [0.25, 0.3) is 0 Å². The van der Waals surface area contributed by atoms with Gasteiger partial charge in [0.1, 0.15) is 5.69 Å². The van der Waals surface area contributed by atoms with Crippen molar-refractivity contribution in [3.8, 4) is 0 Å². The van der Waals surface area contributed by atoms with Crippen LogP contribution in [0, 0.1) is 0 Å². The van der Waals surface area contributed by atoms with Crippen molar-refractivity contribution in [3.63, 3.8) is 0 Å². The predicted octanol–water partition coefficient (Wildman–Crippen LogP) is 3.03. The van der Waals surface area contributed by atoms with E-state index in [1.54, 1.807) is 12.3 Å². The van der Waals surface area contributed by atoms with Gasteiger partial charge < -0.3 is 15.5 Å². The van der Waals surface area contributed by atoms with Crippen LogP contribution < -0.4 is 15.5 Å². The number of carbonyl (C=O) groups is 1. The van der Waals surface area contributed by atoms with Gasteiger partial charge in [0.15, 0.2) is 0 Å². The van der Waals surface area contributed by atoms with Crippen LogP contribution in [0.15, 0.2) is 42.6 Å². The minimum Gasteiger partial charge on any atom is -0.378 e. The number of nitrogens with one attached hydrogen (secondary N) is 2. The molecule has 0 aliphatic carbocycles. The van der Waals surface area contributed by atoms with E-state index in [0.29, 0.717) is 12.2 Å². The largest absolute Gasteiger partial charge is 0.378 e. The van der Waals surface area contributed by atoms with Gasteiger partial charge in [-0.2, -0.15) is 0 Å². The van der Waals surface area contributed by atoms with Gasteiger partial charge in [-0.1, -0.05) is 6.92 Å². The van der Waals surface area contributed by atoms with Crippen LogP contribution in [0.3, 0.4) is 0 Å². The number of pyridine rings is 1. The molecule has 5 nitrogen and oxygen atoms in total. The number of aromatic nitrogens is 1. The second kappa shape index (κ2) is 7.45. The number of benzene rings is 1. The molecule has 2 N–H and O–H groups in total. The summed E-state index contributed by atoms with van der Waals surface area (Å²) in [6.45, 7) is 2.67. The Hall–Kier alpha value is -2.56. The van der Waals surface area contributed by atoms with Gasteiger partial charge in [0.2, 0.25) is 0 Å². The molecule has 22 heavy (non-hydrogen) atoms. The molecule has 1 heterocycles. The molecule has 0 atom stereocenters. The van der Waals surface area contributed by atoms with Crippen molar-refractivity contribution in [2.45, 2.75) is 13.3 Å². The maximum absolute atomic E-state index is 11.9. The first kappa shape index (κ1) is 15.8. The normalized spacial score (nSPS) is 10.1. The molecule has 0 fully saturated rings. The minimum atomic E-state index is -0.145. The first-order chi connectivity index (χ1) is 10.6. The van der Waals surface area contributed by atoms with Gasteiger partial charge in [0, 0.05) is 43.9 Å². The molecule has 0 spiro atoms. The molecular formula is C17H22N4O. The van der Waals surface area contributed by atoms with Gasteiger partial charge >= 0.3 is 0 Å². The summed E-state index contributed by atoms with van der Waals surface area (Å²) < 4.78 is 0. The van der Waals surface area contributed by atoms with E-state index >= 15 is 0 Å². The number of hydrogen-bond donors (Lipinski definition) is 2. The van der Waals surface area contributed by atoms with E-state index in [4.69, 9.17) is 0 Å². The molecule has 0 saturated carbocycles. The third kappa shape index (κ3) is 4.22. The molecule has 2 aromatic rings. The lowest BCUT2D eigenvalue weighted by Crippen LogP contribution is -2.24. The Labute approximate surface area is 131 Å². The molecule has 0 radical (unpaired) electrons. The second-order valence-electron chi connectivity index (χ2n) is 5.25. The predicted molar refractivity (Wildman–Crippen MR) is 90.9 cm³/mol. The van der Waals surface area contributed by atoms with Crippen LogP contribution in [0.1, 0.15) is 23.8 Å². The van der Waals surface area contributed by atoms with E-state index in [1.807, 2.05) is 56.3 Å². The Kier molecular flexibility index (Phi) is 5.36. The van der Waals surface area contributed by atoms with Crippen molar-refractivity contribution in [2.24, 2.45) is 0 Å². The summed E-state index contributed by atoms with van der Waals surface area (Å²) >= 11 is 0. The molecule has 1 aromatic carbocycles. The Balaban J connectivity index is 2.08. The number of rotatable bonds is 6. The summed E-state index contributed by atoms with van der Waals surface area (Å²) in [6, 6.07) is 11.7. The summed E-state index contributed by atoms with van der Waals surface area (Å²) in [6.07, 6.45) is 2.54. The Morgan fingerprint density at radius 2 is 1.86 bits per heavy atom. The highest BCUT2D eigenvalue weighted by Gasteiger charge is 2.07. The van der Waals surface area contributed by atoms with Gasteiger partial charge in [0.25, 0.3) is 5.91 Å². The number of nitrogens with zero attached hydrogens (tertiary/aromatic N) is 2. The number of hydrogen-bond acceptors (Lipinski definition) is 4. The molecule has 5 heteroatoms. The fourth-order valence-electron chi connectivity index (χ4n) is 1.97. The molecule has 116 valence electrons. The average molecular weight is 298 g/mol. The van der Waals surface area contributed by atoms with Crippen LogP contribution >= 0.6 is 0 Å². The molecule has 0 unspecified atom stereocenters. The maximum Gasteiger partial charge on any atom is 0.269 e. The topological polar surface area (TPSA) is 57.3 Å². The quantitative estimate of drug-likeness (QED) is 0.860. The second-order valence-corrected chi connectivity index (χ2v) is 5.25. The Bertz CT molecular complexity index is 623. The Morgan fingerprint density at radius 1 is 1.14 bits per heavy atom. The van der Waals surface area contributed by atoms with Gasteiger partial charge in [-0.3, -0.25) is 9.78 Å². The average Bonchev–Trinajstić information content (AvgIpc) is 2.53. The number of amides is 1. The van der Waals surface area contributed by atoms with Gasteiger partial charge in [-0.15, -0.1) is 0 Å². The molecular weight excluding hydrogens is 276 g/mol. The first-order valence-corrected chi connectivity index (χ1v) is 7.39. The van der Waals surface area contributed by atoms with Crippen LogP contribution in [0.4, 0.5) is 17.1 Å². The van der Waals surface area contributed by atoms with Gasteiger partial charge in [0.05, 0.1) is 0 Å². The maximum atomic E-state index is 11.9. The van der Waals surface area contributed by atoms with Gasteiger partial charge in [-0.25, -0.2) is 0 Å². The van der Waals surface area contributed by atoms with Gasteiger partial charge in [-0.05, 0) is 42.8 Å². The zero-order valence-electron chi connectivity index (χ0n) is 13.3. The first-order valence-electron chi connectivity index (χ1n) is 7.39. The summed E-state index contributed by atoms with van der Waals surface area (Å²) in [7, 11) is 4.01. The zero-order chi connectivity index (χ0) is 15.9. The summed E-state index contributed by atoms with van der Waals surface area (Å²) in [5.41, 5.74) is 3.37. The van der Waals surface area contributed by atoms with E-state index < -0.39 is 0 Å². The molecule has 2 rings (SSSR count). The van der Waals surface area contributed by atoms with Crippen molar-refractivity contribution in [3.05, 3.63) is 48.3 Å². The highest BCUT2D eigenvalue weighted by molar-refractivity contribution is 5.93. The van der Waals surface area contributed by atoms with Crippen molar-refractivity contribution in [1.29, 1.82) is 0 Å². The molecule has 1 aromatic heterocycles. The molecule has 0 aliphatic rings. The molecule has 0 bridgehead atoms. The lowest BCUT2D eigenvalue weighted by molar-refractivity contribution is 0.0949. The number of carbonyl (C=O) groups excluding carboxylic acids is 1. The summed E-state index contributed by atoms with van der Waals surface area (Å²) in [4.78, 5) is 18.1. The fourth-order valence-corrected chi connectivity index (χ4v) is 1.97. The van der Waals surface area contributed by atoms with E-state index in [0.717, 1.165) is 23.5 Å².